The summed E-state index contributed by atoms with van der Waals surface area (Å²) in [5.41, 5.74) is 5.28. The summed E-state index contributed by atoms with van der Waals surface area (Å²) in [6.45, 7) is 0. The van der Waals surface area contributed by atoms with Crippen LogP contribution in [-0.2, 0) is 0 Å². The fourth-order valence-electron chi connectivity index (χ4n) is 0.961. The molecule has 0 spiro atoms. The van der Waals surface area contributed by atoms with E-state index >= 15 is 0 Å². The van der Waals surface area contributed by atoms with E-state index in [4.69, 9.17) is 10.8 Å². The molecule has 8 heavy (non-hydrogen) atoms. The van der Waals surface area contributed by atoms with E-state index in [0.29, 0.717) is 12.8 Å². The van der Waals surface area contributed by atoms with Gasteiger partial charge in [-0.05, 0) is 12.8 Å². The molecule has 0 aromatic heterocycles. The van der Waals surface area contributed by atoms with Gasteiger partial charge in [-0.1, -0.05) is 0 Å². The zero-order chi connectivity index (χ0) is 6.15. The molecule has 48 valence electrons. The van der Waals surface area contributed by atoms with Crippen LogP contribution < -0.4 is 5.73 Å². The van der Waals surface area contributed by atoms with Crippen LogP contribution in [-0.4, -0.2) is 23.4 Å². The molecule has 1 saturated carbocycles. The summed E-state index contributed by atoms with van der Waals surface area (Å²) in [7, 11) is 0. The summed E-state index contributed by atoms with van der Waals surface area (Å²) < 4.78 is 12.2. The van der Waals surface area contributed by atoms with Gasteiger partial charge in [-0.25, -0.2) is 4.39 Å². The van der Waals surface area contributed by atoms with Gasteiger partial charge in [0.15, 0.2) is 0 Å². The largest absolute Gasteiger partial charge is 0.388 e. The smallest absolute Gasteiger partial charge is 0.127 e. The fraction of sp³-hybridized carbons (Fsp3) is 1.00. The van der Waals surface area contributed by atoms with Gasteiger partial charge >= 0.3 is 0 Å². The van der Waals surface area contributed by atoms with Gasteiger partial charge in [0, 0.05) is 6.04 Å². The number of halogens is 1. The Labute approximate surface area is 47.5 Å². The van der Waals surface area contributed by atoms with Crippen LogP contribution in [0.4, 0.5) is 4.39 Å². The lowest BCUT2D eigenvalue weighted by atomic mass is 10.2. The molecule has 0 radical (unpaired) electrons. The van der Waals surface area contributed by atoms with Crippen molar-refractivity contribution < 1.29 is 9.50 Å². The lowest BCUT2D eigenvalue weighted by Gasteiger charge is -2.07. The zero-order valence-electron chi connectivity index (χ0n) is 4.55. The summed E-state index contributed by atoms with van der Waals surface area (Å²) in [4.78, 5) is 0. The zero-order valence-corrected chi connectivity index (χ0v) is 4.55. The Morgan fingerprint density at radius 2 is 2.12 bits per heavy atom. The monoisotopic (exact) mass is 119 g/mol. The first kappa shape index (κ1) is 5.98. The maximum Gasteiger partial charge on any atom is 0.127 e. The van der Waals surface area contributed by atoms with Crippen LogP contribution in [0.15, 0.2) is 0 Å². The van der Waals surface area contributed by atoms with Gasteiger partial charge in [-0.3, -0.25) is 0 Å². The molecule has 1 fully saturated rings. The third-order valence-corrected chi connectivity index (χ3v) is 1.59. The van der Waals surface area contributed by atoms with E-state index in [1.165, 1.54) is 0 Å². The van der Waals surface area contributed by atoms with Gasteiger partial charge in [0.1, 0.15) is 12.3 Å². The van der Waals surface area contributed by atoms with E-state index in [0.717, 1.165) is 0 Å². The molecule has 1 unspecified atom stereocenters. The Hall–Kier alpha value is -0.150. The Balaban J connectivity index is 2.44. The van der Waals surface area contributed by atoms with Crippen molar-refractivity contribution >= 4 is 0 Å². The van der Waals surface area contributed by atoms with Gasteiger partial charge in [0.2, 0.25) is 0 Å². The summed E-state index contributed by atoms with van der Waals surface area (Å²) in [6.07, 6.45) is -0.954. The van der Waals surface area contributed by atoms with Gasteiger partial charge in [-0.15, -0.1) is 0 Å². The number of alkyl halides is 1. The van der Waals surface area contributed by atoms with Crippen molar-refractivity contribution in [1.29, 1.82) is 0 Å². The van der Waals surface area contributed by atoms with E-state index in [1.807, 2.05) is 0 Å². The standard InChI is InChI=1S/C5H10FNO/c6-3-1-2-4(7)5(3)8/h3-5,8H,1-2,7H2/t3-,4?,5+/m0/s1. The van der Waals surface area contributed by atoms with Gasteiger partial charge < -0.3 is 10.8 Å². The number of hydrogen-bond acceptors (Lipinski definition) is 2. The molecule has 0 aromatic rings. The number of nitrogens with two attached hydrogens (primary N) is 1. The third-order valence-electron chi connectivity index (χ3n) is 1.59. The Kier molecular flexibility index (Phi) is 1.49. The van der Waals surface area contributed by atoms with E-state index in [1.54, 1.807) is 0 Å². The van der Waals surface area contributed by atoms with Crippen molar-refractivity contribution in [3.63, 3.8) is 0 Å². The molecule has 3 heteroatoms. The summed E-state index contributed by atoms with van der Waals surface area (Å²) in [5, 5.41) is 8.77. The molecule has 0 aliphatic heterocycles. The molecule has 0 bridgehead atoms. The van der Waals surface area contributed by atoms with E-state index in [-0.39, 0.29) is 6.04 Å². The number of hydrogen-bond donors (Lipinski definition) is 2. The molecule has 2 nitrogen and oxygen atoms in total. The normalized spacial score (nSPS) is 47.6. The third kappa shape index (κ3) is 0.833. The molecule has 0 heterocycles. The second kappa shape index (κ2) is 1.99. The minimum Gasteiger partial charge on any atom is -0.388 e. The van der Waals surface area contributed by atoms with Crippen molar-refractivity contribution in [2.24, 2.45) is 5.73 Å². The van der Waals surface area contributed by atoms with Crippen molar-refractivity contribution in [3.05, 3.63) is 0 Å². The minimum atomic E-state index is -1.08. The highest BCUT2D eigenvalue weighted by molar-refractivity contribution is 4.86. The van der Waals surface area contributed by atoms with Crippen molar-refractivity contribution in [2.75, 3.05) is 0 Å². The summed E-state index contributed by atoms with van der Waals surface area (Å²) in [5.74, 6) is 0. The number of aliphatic hydroxyl groups is 1. The summed E-state index contributed by atoms with van der Waals surface area (Å²) in [6, 6.07) is -0.329. The van der Waals surface area contributed by atoms with Crippen molar-refractivity contribution in [2.45, 2.75) is 31.2 Å². The van der Waals surface area contributed by atoms with Crippen LogP contribution in [0.1, 0.15) is 12.8 Å². The fourth-order valence-corrected chi connectivity index (χ4v) is 0.961. The molecule has 1 aliphatic rings. The van der Waals surface area contributed by atoms with Crippen molar-refractivity contribution in [3.8, 4) is 0 Å². The molecule has 0 aromatic carbocycles. The lowest BCUT2D eigenvalue weighted by Crippen LogP contribution is -2.33. The Bertz CT molecular complexity index is 78.5. The van der Waals surface area contributed by atoms with Crippen molar-refractivity contribution in [1.82, 2.24) is 0 Å². The predicted octanol–water partition coefficient (Wildman–Crippen LogP) is -0.193. The molecule has 1 rings (SSSR count). The summed E-state index contributed by atoms with van der Waals surface area (Å²) >= 11 is 0. The Morgan fingerprint density at radius 1 is 1.50 bits per heavy atom. The molecule has 0 amide bonds. The molecule has 0 saturated heterocycles. The SMILES string of the molecule is NC1CC[C@H](F)[C@H]1O. The minimum absolute atomic E-state index is 0.329. The quantitative estimate of drug-likeness (QED) is 0.464. The second-order valence-corrected chi connectivity index (χ2v) is 2.25. The first-order valence-corrected chi connectivity index (χ1v) is 2.79. The highest BCUT2D eigenvalue weighted by atomic mass is 19.1. The van der Waals surface area contributed by atoms with Gasteiger partial charge in [0.05, 0.1) is 0 Å². The van der Waals surface area contributed by atoms with Crippen LogP contribution in [0.5, 0.6) is 0 Å². The van der Waals surface area contributed by atoms with Gasteiger partial charge in [-0.2, -0.15) is 0 Å². The Morgan fingerprint density at radius 3 is 2.25 bits per heavy atom. The van der Waals surface area contributed by atoms with Gasteiger partial charge in [0.25, 0.3) is 0 Å². The average molecular weight is 119 g/mol. The van der Waals surface area contributed by atoms with Crippen LogP contribution in [0.3, 0.4) is 0 Å². The van der Waals surface area contributed by atoms with Crippen LogP contribution in [0, 0.1) is 0 Å². The molecule has 1 aliphatic carbocycles. The van der Waals surface area contributed by atoms with E-state index in [9.17, 15) is 4.39 Å². The molecular formula is C5H10FNO. The topological polar surface area (TPSA) is 46.2 Å². The van der Waals surface area contributed by atoms with Crippen LogP contribution in [0.25, 0.3) is 0 Å². The molecular weight excluding hydrogens is 109 g/mol. The molecule has 3 atom stereocenters. The van der Waals surface area contributed by atoms with E-state index in [2.05, 4.69) is 0 Å². The van der Waals surface area contributed by atoms with Crippen LogP contribution >= 0.6 is 0 Å². The highest BCUT2D eigenvalue weighted by Gasteiger charge is 2.31. The number of aliphatic hydroxyl groups excluding tert-OH is 1. The maximum atomic E-state index is 12.2. The maximum absolute atomic E-state index is 12.2. The highest BCUT2D eigenvalue weighted by Crippen LogP contribution is 2.20. The predicted molar refractivity (Wildman–Crippen MR) is 28.1 cm³/mol. The molecule has 3 N–H and O–H groups in total. The first-order chi connectivity index (χ1) is 3.72. The van der Waals surface area contributed by atoms with E-state index < -0.39 is 12.3 Å². The second-order valence-electron chi connectivity index (χ2n) is 2.25. The lowest BCUT2D eigenvalue weighted by molar-refractivity contribution is 0.0917. The van der Waals surface area contributed by atoms with Crippen LogP contribution in [0.2, 0.25) is 0 Å². The number of rotatable bonds is 0. The first-order valence-electron chi connectivity index (χ1n) is 2.79. The average Bonchev–Trinajstić information content (AvgIpc) is 1.98.